The maximum absolute atomic E-state index is 6.92. The zero-order chi connectivity index (χ0) is 39.0. The molecule has 0 amide bonds. The molecule has 282 valence electrons. The molecule has 0 spiro atoms. The number of benzene rings is 5. The van der Waals surface area contributed by atoms with Crippen LogP contribution in [0.1, 0.15) is 86.7 Å². The number of nitrogens with zero attached hydrogens (tertiary/aromatic N) is 1. The van der Waals surface area contributed by atoms with Crippen LogP contribution >= 0.6 is 0 Å². The third-order valence-electron chi connectivity index (χ3n) is 10.6. The summed E-state index contributed by atoms with van der Waals surface area (Å²) in [6.45, 7) is 12.7. The summed E-state index contributed by atoms with van der Waals surface area (Å²) in [4.78, 5) is 2.30. The van der Waals surface area contributed by atoms with Gasteiger partial charge >= 0.3 is 0 Å². The summed E-state index contributed by atoms with van der Waals surface area (Å²) < 4.78 is 6.28. The number of nitrogens with two attached hydrogens (primary N) is 1. The van der Waals surface area contributed by atoms with Gasteiger partial charge in [-0.15, -0.1) is 0 Å². The molecule has 1 atom stereocenters. The normalized spacial score (nSPS) is 15.7. The van der Waals surface area contributed by atoms with Gasteiger partial charge < -0.3 is 20.4 Å². The second-order valence-electron chi connectivity index (χ2n) is 13.8. The first kappa shape index (κ1) is 38.2. The monoisotopic (exact) mass is 735 g/mol. The summed E-state index contributed by atoms with van der Waals surface area (Å²) in [5.41, 5.74) is 20.2. The molecule has 1 aromatic heterocycles. The molecule has 5 aromatic carbocycles. The zero-order valence-corrected chi connectivity index (χ0v) is 33.2. The average molecular weight is 736 g/mol. The molecule has 1 aliphatic heterocycles. The van der Waals surface area contributed by atoms with E-state index in [4.69, 9.17) is 10.2 Å². The van der Waals surface area contributed by atoms with Crippen molar-refractivity contribution in [1.29, 1.82) is 0 Å². The number of hydrogen-bond donors (Lipinski definition) is 2. The van der Waals surface area contributed by atoms with E-state index in [-0.39, 0.29) is 0 Å². The summed E-state index contributed by atoms with van der Waals surface area (Å²) in [5.74, 6) is 1.06. The number of nitrogens with one attached hydrogen (secondary N) is 1. The maximum atomic E-state index is 6.92. The molecule has 3 N–H and O–H groups in total. The van der Waals surface area contributed by atoms with Gasteiger partial charge in [0.05, 0.1) is 5.69 Å². The van der Waals surface area contributed by atoms with Gasteiger partial charge in [0.15, 0.2) is 0 Å². The summed E-state index contributed by atoms with van der Waals surface area (Å²) in [6, 6.07) is 38.7. The Hall–Kier alpha value is -6.10. The average Bonchev–Trinajstić information content (AvgIpc) is 3.64. The number of rotatable bonds is 7. The topological polar surface area (TPSA) is 54.4 Å². The SMILES string of the molecule is C=C1C2=C(/C=C\N(c3ccc(/C(=C/Cc4ccccc4)NC(N)c4ccc5c6c(oc5c4)CCC=C6)cc3)c3ccc4ccccc4c31)CCC=C2.CC.CC. The summed E-state index contributed by atoms with van der Waals surface area (Å²) in [7, 11) is 0. The number of aryl methyl sites for hydroxylation is 1. The van der Waals surface area contributed by atoms with Crippen LogP contribution in [-0.2, 0) is 12.8 Å². The lowest BCUT2D eigenvalue weighted by Gasteiger charge is -2.29. The summed E-state index contributed by atoms with van der Waals surface area (Å²) >= 11 is 0. The minimum atomic E-state index is -0.431. The molecule has 6 aromatic rings. The predicted octanol–water partition coefficient (Wildman–Crippen LogP) is 13.8. The van der Waals surface area contributed by atoms with Crippen LogP contribution < -0.4 is 16.0 Å². The molecule has 56 heavy (non-hydrogen) atoms. The van der Waals surface area contributed by atoms with E-state index in [0.29, 0.717) is 0 Å². The quantitative estimate of drug-likeness (QED) is 0.160. The van der Waals surface area contributed by atoms with Gasteiger partial charge in [0.2, 0.25) is 0 Å². The van der Waals surface area contributed by atoms with Crippen molar-refractivity contribution in [3.63, 3.8) is 0 Å². The lowest BCUT2D eigenvalue weighted by molar-refractivity contribution is 0.545. The largest absolute Gasteiger partial charge is 0.460 e. The van der Waals surface area contributed by atoms with Crippen LogP contribution in [0.3, 0.4) is 0 Å². The lowest BCUT2D eigenvalue weighted by atomic mass is 9.85. The van der Waals surface area contributed by atoms with E-state index < -0.39 is 6.17 Å². The van der Waals surface area contributed by atoms with Gasteiger partial charge in [0.25, 0.3) is 0 Å². The zero-order valence-electron chi connectivity index (χ0n) is 33.2. The number of furan rings is 1. The molecular formula is C52H53N3O. The summed E-state index contributed by atoms with van der Waals surface area (Å²) in [6.07, 6.45) is 20.0. The third-order valence-corrected chi connectivity index (χ3v) is 10.6. The highest BCUT2D eigenvalue weighted by atomic mass is 16.3. The van der Waals surface area contributed by atoms with Crippen LogP contribution in [0, 0.1) is 0 Å². The fourth-order valence-corrected chi connectivity index (χ4v) is 7.84. The van der Waals surface area contributed by atoms with Crippen molar-refractivity contribution in [3.05, 3.63) is 197 Å². The minimum Gasteiger partial charge on any atom is -0.460 e. The Bertz CT molecular complexity index is 2490. The molecule has 4 heteroatoms. The van der Waals surface area contributed by atoms with Crippen molar-refractivity contribution in [3.8, 4) is 0 Å². The fourth-order valence-electron chi connectivity index (χ4n) is 7.84. The van der Waals surface area contributed by atoms with Crippen molar-refractivity contribution in [2.75, 3.05) is 4.90 Å². The van der Waals surface area contributed by atoms with E-state index >= 15 is 0 Å². The first-order chi connectivity index (χ1) is 27.6. The number of anilines is 2. The minimum absolute atomic E-state index is 0.431. The van der Waals surface area contributed by atoms with Gasteiger partial charge in [-0.25, -0.2) is 0 Å². The highest BCUT2D eigenvalue weighted by Gasteiger charge is 2.23. The van der Waals surface area contributed by atoms with Crippen molar-refractivity contribution in [2.45, 2.75) is 66.0 Å². The van der Waals surface area contributed by atoms with E-state index in [1.54, 1.807) is 0 Å². The molecular weight excluding hydrogens is 683 g/mol. The van der Waals surface area contributed by atoms with Crippen LogP contribution in [0.25, 0.3) is 39.1 Å². The standard InChI is InChI=1S/C48H41N3O.2C2H6/c1-32-39-15-7-5-14-35(39)29-30-51(44-28-23-34-13-6-8-16-40(34)47(32)44)38-24-20-36(21-25-38)43(27-19-33-11-3-2-4-12-33)50-48(49)37-22-26-42-41-17-9-10-18-45(41)52-46(42)31-37;2*1-2/h2-4,6-9,11-13,15-17,20-31,48,50H,1,5,10,14,18-19,49H2;2*1-2H3/b30-29-,43-27-;;. The van der Waals surface area contributed by atoms with Gasteiger partial charge in [0.1, 0.15) is 17.5 Å². The van der Waals surface area contributed by atoms with E-state index in [2.05, 4.69) is 169 Å². The van der Waals surface area contributed by atoms with Gasteiger partial charge in [-0.05, 0) is 100 Å². The molecule has 0 radical (unpaired) electrons. The van der Waals surface area contributed by atoms with E-state index in [0.717, 1.165) is 82.6 Å². The number of fused-ring (bicyclic) bond motifs is 6. The molecule has 0 fully saturated rings. The molecule has 9 rings (SSSR count). The Morgan fingerprint density at radius 3 is 2.38 bits per heavy atom. The van der Waals surface area contributed by atoms with Crippen LogP contribution in [0.15, 0.2) is 168 Å². The number of hydrogen-bond acceptors (Lipinski definition) is 4. The van der Waals surface area contributed by atoms with E-state index in [9.17, 15) is 0 Å². The molecule has 0 saturated carbocycles. The fraction of sp³-hybridized carbons (Fsp3) is 0.192. The maximum Gasteiger partial charge on any atom is 0.135 e. The first-order valence-corrected chi connectivity index (χ1v) is 20.3. The van der Waals surface area contributed by atoms with E-state index in [1.807, 2.05) is 27.7 Å². The number of allylic oxidation sites excluding steroid dienone is 8. The van der Waals surface area contributed by atoms with Gasteiger partial charge in [0, 0.05) is 40.5 Å². The van der Waals surface area contributed by atoms with Crippen LogP contribution in [0.2, 0.25) is 0 Å². The summed E-state index contributed by atoms with van der Waals surface area (Å²) in [5, 5.41) is 7.23. The lowest BCUT2D eigenvalue weighted by Crippen LogP contribution is -2.27. The molecule has 0 saturated heterocycles. The first-order valence-electron chi connectivity index (χ1n) is 20.3. The van der Waals surface area contributed by atoms with E-state index in [1.165, 1.54) is 38.6 Å². The Labute approximate surface area is 332 Å². The van der Waals surface area contributed by atoms with Crippen molar-refractivity contribution < 1.29 is 4.42 Å². The van der Waals surface area contributed by atoms with Crippen molar-refractivity contribution in [1.82, 2.24) is 5.32 Å². The van der Waals surface area contributed by atoms with Gasteiger partial charge in [-0.1, -0.05) is 150 Å². The van der Waals surface area contributed by atoms with Gasteiger partial charge in [-0.2, -0.15) is 0 Å². The Morgan fingerprint density at radius 2 is 1.55 bits per heavy atom. The van der Waals surface area contributed by atoms with Gasteiger partial charge in [-0.3, -0.25) is 0 Å². The molecule has 0 bridgehead atoms. The Morgan fingerprint density at radius 1 is 0.804 bits per heavy atom. The highest BCUT2D eigenvalue weighted by molar-refractivity contribution is 6.05. The Kier molecular flexibility index (Phi) is 12.0. The second-order valence-corrected chi connectivity index (χ2v) is 13.8. The molecule has 3 aliphatic rings. The third kappa shape index (κ3) is 7.71. The molecule has 2 aliphatic carbocycles. The smallest absolute Gasteiger partial charge is 0.135 e. The molecule has 1 unspecified atom stereocenters. The predicted molar refractivity (Wildman–Crippen MR) is 241 cm³/mol. The highest BCUT2D eigenvalue weighted by Crippen LogP contribution is 2.44. The van der Waals surface area contributed by atoms with Crippen LogP contribution in [-0.4, -0.2) is 0 Å². The van der Waals surface area contributed by atoms with Crippen LogP contribution in [0.5, 0.6) is 0 Å². The van der Waals surface area contributed by atoms with Crippen molar-refractivity contribution >= 4 is 50.5 Å². The molecule has 2 heterocycles. The second kappa shape index (κ2) is 17.6. The van der Waals surface area contributed by atoms with Crippen LogP contribution in [0.4, 0.5) is 11.4 Å². The Balaban J connectivity index is 0.00000117. The molecule has 4 nitrogen and oxygen atoms in total. The van der Waals surface area contributed by atoms with Crippen molar-refractivity contribution in [2.24, 2.45) is 5.73 Å².